The van der Waals surface area contributed by atoms with Gasteiger partial charge in [-0.1, -0.05) is 35.9 Å². The lowest BCUT2D eigenvalue weighted by Gasteiger charge is -2.42. The molecule has 2 amide bonds. The number of benzene rings is 2. The highest BCUT2D eigenvalue weighted by atomic mass is 35.5. The van der Waals surface area contributed by atoms with E-state index in [0.29, 0.717) is 25.2 Å². The van der Waals surface area contributed by atoms with Crippen molar-refractivity contribution in [3.8, 4) is 0 Å². The summed E-state index contributed by atoms with van der Waals surface area (Å²) in [5, 5.41) is 0.736. The smallest absolute Gasteiger partial charge is 0.324 e. The Balaban J connectivity index is 1.46. The summed E-state index contributed by atoms with van der Waals surface area (Å²) in [6.07, 6.45) is 4.55. The minimum Gasteiger partial charge on any atom is -0.330 e. The Kier molecular flexibility index (Phi) is 5.61. The third kappa shape index (κ3) is 3.77. The average Bonchev–Trinajstić information content (AvgIpc) is 3.15. The second-order valence-electron chi connectivity index (χ2n) is 8.07. The summed E-state index contributed by atoms with van der Waals surface area (Å²) in [5.74, 6) is 0. The minimum absolute atomic E-state index is 0.0288. The molecule has 2 aromatic rings. The van der Waals surface area contributed by atoms with Gasteiger partial charge in [-0.2, -0.15) is 0 Å². The van der Waals surface area contributed by atoms with Crippen LogP contribution in [0.25, 0.3) is 0 Å². The normalized spacial score (nSPS) is 24.8. The number of carbonyl (C=O) groups excluding carboxylic acids is 2. The molecule has 0 radical (unpaired) electrons. The van der Waals surface area contributed by atoms with Crippen LogP contribution in [0.3, 0.4) is 0 Å². The number of nitrogens with zero attached hydrogens (tertiary/aromatic N) is 2. The van der Waals surface area contributed by atoms with Crippen molar-refractivity contribution in [3.05, 3.63) is 64.7 Å². The van der Waals surface area contributed by atoms with Gasteiger partial charge in [-0.15, -0.1) is 0 Å². The van der Waals surface area contributed by atoms with Crippen LogP contribution in [0.5, 0.6) is 0 Å². The van der Waals surface area contributed by atoms with Gasteiger partial charge in [0.05, 0.1) is 0 Å². The van der Waals surface area contributed by atoms with Gasteiger partial charge in [0.15, 0.2) is 0 Å². The molecule has 2 fully saturated rings. The maximum absolute atomic E-state index is 13.1. The van der Waals surface area contributed by atoms with Gasteiger partial charge < -0.3 is 10.6 Å². The molecule has 5 nitrogen and oxygen atoms in total. The molecule has 0 bridgehead atoms. The Morgan fingerprint density at radius 1 is 1.10 bits per heavy atom. The highest BCUT2D eigenvalue weighted by Crippen LogP contribution is 2.41. The summed E-state index contributed by atoms with van der Waals surface area (Å²) in [6, 6.07) is 15.5. The predicted molar refractivity (Wildman–Crippen MR) is 116 cm³/mol. The van der Waals surface area contributed by atoms with Crippen LogP contribution in [0.1, 0.15) is 41.6 Å². The van der Waals surface area contributed by atoms with E-state index in [1.165, 1.54) is 5.56 Å². The van der Waals surface area contributed by atoms with Crippen molar-refractivity contribution < 1.29 is 9.59 Å². The molecule has 4 rings (SSSR count). The maximum Gasteiger partial charge on any atom is 0.324 e. The van der Waals surface area contributed by atoms with E-state index in [0.717, 1.165) is 42.7 Å². The lowest BCUT2D eigenvalue weighted by Crippen LogP contribution is -2.46. The molecule has 0 unspecified atom stereocenters. The molecule has 1 saturated carbocycles. The van der Waals surface area contributed by atoms with E-state index >= 15 is 0 Å². The Hall–Kier alpha value is -2.37. The number of halogens is 1. The van der Waals surface area contributed by atoms with Crippen LogP contribution in [0.15, 0.2) is 48.5 Å². The Morgan fingerprint density at radius 2 is 1.86 bits per heavy atom. The second kappa shape index (κ2) is 8.17. The highest BCUT2D eigenvalue weighted by molar-refractivity contribution is 6.30. The van der Waals surface area contributed by atoms with Crippen molar-refractivity contribution in [2.45, 2.75) is 37.1 Å². The zero-order chi connectivity index (χ0) is 20.4. The number of anilines is 1. The average molecular weight is 412 g/mol. The summed E-state index contributed by atoms with van der Waals surface area (Å²) in [7, 11) is 0. The fraction of sp³-hybridized carbons (Fsp3) is 0.391. The zero-order valence-electron chi connectivity index (χ0n) is 16.4. The molecule has 1 aliphatic heterocycles. The van der Waals surface area contributed by atoms with E-state index in [1.807, 2.05) is 35.2 Å². The van der Waals surface area contributed by atoms with Crippen molar-refractivity contribution in [2.75, 3.05) is 24.5 Å². The van der Waals surface area contributed by atoms with Crippen LogP contribution in [-0.4, -0.2) is 42.9 Å². The van der Waals surface area contributed by atoms with E-state index in [-0.39, 0.29) is 17.5 Å². The molecule has 2 aliphatic rings. The van der Waals surface area contributed by atoms with E-state index in [1.54, 1.807) is 17.0 Å². The molecule has 0 spiro atoms. The zero-order valence-corrected chi connectivity index (χ0v) is 17.1. The fourth-order valence-corrected chi connectivity index (χ4v) is 4.98. The number of hydrogen-bond acceptors (Lipinski definition) is 3. The van der Waals surface area contributed by atoms with Gasteiger partial charge in [-0.05, 0) is 55.5 Å². The first-order valence-corrected chi connectivity index (χ1v) is 10.5. The van der Waals surface area contributed by atoms with Crippen LogP contribution in [0.2, 0.25) is 5.02 Å². The Bertz CT molecular complexity index is 909. The molecule has 0 aromatic heterocycles. The molecule has 2 N–H and O–H groups in total. The van der Waals surface area contributed by atoms with Crippen molar-refractivity contribution in [3.63, 3.8) is 0 Å². The van der Waals surface area contributed by atoms with Gasteiger partial charge in [0.2, 0.25) is 0 Å². The first-order chi connectivity index (χ1) is 14.1. The number of carbonyl (C=O) groups is 2. The van der Waals surface area contributed by atoms with Crippen LogP contribution >= 0.6 is 11.6 Å². The number of urea groups is 1. The van der Waals surface area contributed by atoms with Gasteiger partial charge in [0, 0.05) is 47.4 Å². The maximum atomic E-state index is 13.1. The summed E-state index contributed by atoms with van der Waals surface area (Å²) >= 11 is 6.21. The first-order valence-electron chi connectivity index (χ1n) is 10.2. The second-order valence-corrected chi connectivity index (χ2v) is 8.50. The lowest BCUT2D eigenvalue weighted by molar-refractivity contribution is 0.112. The number of hydrogen-bond donors (Lipinski definition) is 1. The monoisotopic (exact) mass is 411 g/mol. The highest BCUT2D eigenvalue weighted by Gasteiger charge is 2.41. The molecule has 6 heteroatoms. The van der Waals surface area contributed by atoms with Crippen LogP contribution in [-0.2, 0) is 5.41 Å². The molecular weight excluding hydrogens is 386 g/mol. The molecule has 1 saturated heterocycles. The third-order valence-electron chi connectivity index (χ3n) is 6.54. The summed E-state index contributed by atoms with van der Waals surface area (Å²) in [6.45, 7) is 1.94. The fourth-order valence-electron chi connectivity index (χ4n) is 4.79. The Morgan fingerprint density at radius 3 is 2.55 bits per heavy atom. The quantitative estimate of drug-likeness (QED) is 0.748. The van der Waals surface area contributed by atoms with Crippen molar-refractivity contribution in [2.24, 2.45) is 5.73 Å². The first kappa shape index (κ1) is 19.9. The minimum atomic E-state index is -0.0673. The third-order valence-corrected chi connectivity index (χ3v) is 6.77. The standard InChI is InChI=1S/C23H26ClN3O2/c24-19-5-2-4-18(14-19)23(16-25)9-7-20(8-10-23)26-11-12-27(22(26)29)21-6-1-3-17(13-21)15-28/h1-6,13-15,20H,7-12,16,25H2. The number of rotatable bonds is 5. The van der Waals surface area contributed by atoms with Crippen molar-refractivity contribution >= 4 is 29.6 Å². The molecule has 1 aliphatic carbocycles. The van der Waals surface area contributed by atoms with Crippen LogP contribution < -0.4 is 10.6 Å². The molecular formula is C23H26ClN3O2. The topological polar surface area (TPSA) is 66.6 Å². The molecule has 2 aromatic carbocycles. The molecule has 29 heavy (non-hydrogen) atoms. The molecule has 0 atom stereocenters. The molecule has 1 heterocycles. The number of nitrogens with two attached hydrogens (primary N) is 1. The van der Waals surface area contributed by atoms with Gasteiger partial charge in [0.25, 0.3) is 0 Å². The van der Waals surface area contributed by atoms with Gasteiger partial charge in [0.1, 0.15) is 6.29 Å². The van der Waals surface area contributed by atoms with E-state index in [4.69, 9.17) is 17.3 Å². The summed E-state index contributed by atoms with van der Waals surface area (Å²) < 4.78 is 0. The van der Waals surface area contributed by atoms with Crippen molar-refractivity contribution in [1.29, 1.82) is 0 Å². The Labute approximate surface area is 176 Å². The van der Waals surface area contributed by atoms with Gasteiger partial charge in [-0.3, -0.25) is 9.69 Å². The van der Waals surface area contributed by atoms with Crippen LogP contribution in [0.4, 0.5) is 10.5 Å². The lowest BCUT2D eigenvalue weighted by atomic mass is 9.68. The summed E-state index contributed by atoms with van der Waals surface area (Å²) in [4.78, 5) is 27.9. The van der Waals surface area contributed by atoms with E-state index < -0.39 is 0 Å². The predicted octanol–water partition coefficient (Wildman–Crippen LogP) is 4.23. The largest absolute Gasteiger partial charge is 0.330 e. The van der Waals surface area contributed by atoms with Gasteiger partial charge >= 0.3 is 6.03 Å². The van der Waals surface area contributed by atoms with E-state index in [2.05, 4.69) is 6.07 Å². The van der Waals surface area contributed by atoms with E-state index in [9.17, 15) is 9.59 Å². The van der Waals surface area contributed by atoms with Crippen LogP contribution in [0, 0.1) is 0 Å². The van der Waals surface area contributed by atoms with Gasteiger partial charge in [-0.25, -0.2) is 4.79 Å². The number of amides is 2. The molecule has 152 valence electrons. The summed E-state index contributed by atoms with van der Waals surface area (Å²) in [5.41, 5.74) is 8.71. The van der Waals surface area contributed by atoms with Crippen molar-refractivity contribution in [1.82, 2.24) is 4.90 Å². The number of aldehydes is 1. The SMILES string of the molecule is NCC1(c2cccc(Cl)c2)CCC(N2CCN(c3cccc(C=O)c3)C2=O)CC1.